The van der Waals surface area contributed by atoms with Crippen molar-refractivity contribution in [2.24, 2.45) is 0 Å². The van der Waals surface area contributed by atoms with Gasteiger partial charge < -0.3 is 9.15 Å². The van der Waals surface area contributed by atoms with E-state index in [9.17, 15) is 4.79 Å². The number of thiazole rings is 1. The van der Waals surface area contributed by atoms with Crippen molar-refractivity contribution in [1.29, 1.82) is 0 Å². The van der Waals surface area contributed by atoms with Crippen LogP contribution < -0.4 is 4.90 Å². The fraction of sp³-hybridized carbons (Fsp3) is 0.368. The highest BCUT2D eigenvalue weighted by molar-refractivity contribution is 7.22. The van der Waals surface area contributed by atoms with E-state index in [2.05, 4.69) is 4.90 Å². The summed E-state index contributed by atoms with van der Waals surface area (Å²) in [6.07, 6.45) is 1.52. The minimum absolute atomic E-state index is 0.153. The van der Waals surface area contributed by atoms with Gasteiger partial charge in [0.2, 0.25) is 0 Å². The van der Waals surface area contributed by atoms with Crippen molar-refractivity contribution in [3.63, 3.8) is 0 Å². The molecule has 0 atom stereocenters. The number of amides is 1. The Balaban J connectivity index is 1.62. The van der Waals surface area contributed by atoms with E-state index in [-0.39, 0.29) is 5.91 Å². The Morgan fingerprint density at radius 3 is 2.85 bits per heavy atom. The van der Waals surface area contributed by atoms with Gasteiger partial charge >= 0.3 is 0 Å². The van der Waals surface area contributed by atoms with Crippen LogP contribution in [0.2, 0.25) is 0 Å². The second-order valence-corrected chi connectivity index (χ2v) is 7.32. The molecule has 26 heavy (non-hydrogen) atoms. The Bertz CT molecular complexity index is 885. The number of carbonyl (C=O) groups excluding carboxylic acids is 1. The standard InChI is InChI=1S/C19H21N3O3S/c1-14-4-2-6-16-17(14)20-19(26-16)22(18(23)15-5-3-11-25-15)8-7-21-9-12-24-13-10-21/h2-6,11H,7-10,12-13H2,1H3. The molecule has 1 aliphatic rings. The van der Waals surface area contributed by atoms with Gasteiger partial charge in [0, 0.05) is 26.2 Å². The first-order valence-corrected chi connectivity index (χ1v) is 9.55. The van der Waals surface area contributed by atoms with Gasteiger partial charge in [-0.3, -0.25) is 14.6 Å². The Labute approximate surface area is 156 Å². The number of aromatic nitrogens is 1. The summed E-state index contributed by atoms with van der Waals surface area (Å²) in [7, 11) is 0. The number of nitrogens with zero attached hydrogens (tertiary/aromatic N) is 3. The number of furan rings is 1. The molecule has 2 aromatic heterocycles. The molecule has 1 fully saturated rings. The summed E-state index contributed by atoms with van der Waals surface area (Å²) in [5.41, 5.74) is 2.07. The molecule has 1 aliphatic heterocycles. The highest BCUT2D eigenvalue weighted by atomic mass is 32.1. The summed E-state index contributed by atoms with van der Waals surface area (Å²) in [5, 5.41) is 0.712. The Hall–Kier alpha value is -2.22. The summed E-state index contributed by atoms with van der Waals surface area (Å²) in [6, 6.07) is 9.53. The van der Waals surface area contributed by atoms with Crippen LogP contribution in [0, 0.1) is 6.92 Å². The second kappa shape index (κ2) is 7.57. The first-order chi connectivity index (χ1) is 12.7. The SMILES string of the molecule is Cc1cccc2sc(N(CCN3CCOCC3)C(=O)c3ccco3)nc12. The van der Waals surface area contributed by atoms with Gasteiger partial charge in [-0.1, -0.05) is 23.5 Å². The molecule has 0 unspecified atom stereocenters. The lowest BCUT2D eigenvalue weighted by molar-refractivity contribution is 0.0390. The van der Waals surface area contributed by atoms with Crippen LogP contribution in [0.1, 0.15) is 16.1 Å². The molecule has 1 aromatic carbocycles. The van der Waals surface area contributed by atoms with Crippen molar-refractivity contribution in [1.82, 2.24) is 9.88 Å². The average Bonchev–Trinajstić information content (AvgIpc) is 3.33. The molecular formula is C19H21N3O3S. The minimum Gasteiger partial charge on any atom is -0.459 e. The van der Waals surface area contributed by atoms with Crippen LogP contribution in [-0.2, 0) is 4.74 Å². The molecule has 3 aromatic rings. The van der Waals surface area contributed by atoms with Crippen LogP contribution in [0.4, 0.5) is 5.13 Å². The van der Waals surface area contributed by atoms with E-state index >= 15 is 0 Å². The number of carbonyl (C=O) groups is 1. The van der Waals surface area contributed by atoms with Crippen LogP contribution in [-0.4, -0.2) is 55.2 Å². The summed E-state index contributed by atoms with van der Waals surface area (Å²) < 4.78 is 11.8. The number of anilines is 1. The van der Waals surface area contributed by atoms with Crippen molar-refractivity contribution in [3.05, 3.63) is 47.9 Å². The summed E-state index contributed by atoms with van der Waals surface area (Å²) in [5.74, 6) is 0.183. The van der Waals surface area contributed by atoms with Gasteiger partial charge in [-0.15, -0.1) is 0 Å². The molecule has 4 rings (SSSR count). The number of hydrogen-bond acceptors (Lipinski definition) is 6. The van der Waals surface area contributed by atoms with E-state index in [1.54, 1.807) is 28.4 Å². The average molecular weight is 371 g/mol. The number of morpholine rings is 1. The minimum atomic E-state index is -0.153. The van der Waals surface area contributed by atoms with Gasteiger partial charge in [-0.2, -0.15) is 0 Å². The largest absolute Gasteiger partial charge is 0.459 e. The van der Waals surface area contributed by atoms with Gasteiger partial charge in [0.25, 0.3) is 5.91 Å². The molecule has 1 saturated heterocycles. The lowest BCUT2D eigenvalue weighted by Gasteiger charge is -2.28. The Kier molecular flexibility index (Phi) is 5.01. The van der Waals surface area contributed by atoms with Gasteiger partial charge in [-0.05, 0) is 30.7 Å². The van der Waals surface area contributed by atoms with E-state index in [1.165, 1.54) is 6.26 Å². The maximum Gasteiger partial charge on any atom is 0.295 e. The molecule has 1 amide bonds. The lowest BCUT2D eigenvalue weighted by atomic mass is 10.2. The number of hydrogen-bond donors (Lipinski definition) is 0. The van der Waals surface area contributed by atoms with E-state index in [0.717, 1.165) is 48.6 Å². The van der Waals surface area contributed by atoms with Crippen LogP contribution in [0.3, 0.4) is 0 Å². The van der Waals surface area contributed by atoms with E-state index in [1.807, 2.05) is 25.1 Å². The summed E-state index contributed by atoms with van der Waals surface area (Å²) >= 11 is 1.54. The molecule has 0 radical (unpaired) electrons. The topological polar surface area (TPSA) is 58.8 Å². The number of aryl methyl sites for hydroxylation is 1. The van der Waals surface area contributed by atoms with Gasteiger partial charge in [-0.25, -0.2) is 4.98 Å². The predicted molar refractivity (Wildman–Crippen MR) is 102 cm³/mol. The second-order valence-electron chi connectivity index (χ2n) is 6.31. The fourth-order valence-corrected chi connectivity index (χ4v) is 4.14. The Morgan fingerprint density at radius 2 is 2.12 bits per heavy atom. The van der Waals surface area contributed by atoms with Crippen molar-refractivity contribution in [3.8, 4) is 0 Å². The third kappa shape index (κ3) is 3.51. The summed E-state index contributed by atoms with van der Waals surface area (Å²) in [4.78, 5) is 21.8. The third-order valence-corrected chi connectivity index (χ3v) is 5.60. The monoisotopic (exact) mass is 371 g/mol. The number of ether oxygens (including phenoxy) is 1. The predicted octanol–water partition coefficient (Wildman–Crippen LogP) is 3.18. The van der Waals surface area contributed by atoms with Crippen LogP contribution in [0.15, 0.2) is 41.0 Å². The highest BCUT2D eigenvalue weighted by Gasteiger charge is 2.24. The number of para-hydroxylation sites is 1. The maximum absolute atomic E-state index is 13.0. The summed E-state index contributed by atoms with van der Waals surface area (Å²) in [6.45, 7) is 6.66. The smallest absolute Gasteiger partial charge is 0.295 e. The zero-order valence-corrected chi connectivity index (χ0v) is 15.5. The molecule has 6 nitrogen and oxygen atoms in total. The quantitative estimate of drug-likeness (QED) is 0.689. The number of rotatable bonds is 5. The van der Waals surface area contributed by atoms with Crippen LogP contribution in [0.5, 0.6) is 0 Å². The van der Waals surface area contributed by atoms with Gasteiger partial charge in [0.1, 0.15) is 0 Å². The van der Waals surface area contributed by atoms with E-state index in [4.69, 9.17) is 14.1 Å². The molecule has 0 bridgehead atoms. The first-order valence-electron chi connectivity index (χ1n) is 8.74. The highest BCUT2D eigenvalue weighted by Crippen LogP contribution is 2.31. The molecular weight excluding hydrogens is 350 g/mol. The van der Waals surface area contributed by atoms with E-state index in [0.29, 0.717) is 17.4 Å². The first kappa shape index (κ1) is 17.2. The lowest BCUT2D eigenvalue weighted by Crippen LogP contribution is -2.43. The molecule has 136 valence electrons. The molecule has 7 heteroatoms. The fourth-order valence-electron chi connectivity index (χ4n) is 3.07. The van der Waals surface area contributed by atoms with E-state index < -0.39 is 0 Å². The molecule has 0 spiro atoms. The Morgan fingerprint density at radius 1 is 1.27 bits per heavy atom. The molecule has 0 aliphatic carbocycles. The van der Waals surface area contributed by atoms with Crippen molar-refractivity contribution in [2.45, 2.75) is 6.92 Å². The van der Waals surface area contributed by atoms with Crippen molar-refractivity contribution in [2.75, 3.05) is 44.3 Å². The molecule has 0 saturated carbocycles. The zero-order valence-electron chi connectivity index (χ0n) is 14.7. The zero-order chi connectivity index (χ0) is 17.9. The number of fused-ring (bicyclic) bond motifs is 1. The normalized spacial score (nSPS) is 15.4. The maximum atomic E-state index is 13.0. The van der Waals surface area contributed by atoms with Crippen molar-refractivity contribution >= 4 is 32.6 Å². The van der Waals surface area contributed by atoms with Crippen molar-refractivity contribution < 1.29 is 13.9 Å². The molecule has 3 heterocycles. The number of benzene rings is 1. The van der Waals surface area contributed by atoms with Crippen LogP contribution >= 0.6 is 11.3 Å². The van der Waals surface area contributed by atoms with Crippen LogP contribution in [0.25, 0.3) is 10.2 Å². The molecule has 0 N–H and O–H groups in total. The van der Waals surface area contributed by atoms with Gasteiger partial charge in [0.15, 0.2) is 10.9 Å². The van der Waals surface area contributed by atoms with Gasteiger partial charge in [0.05, 0.1) is 29.7 Å². The third-order valence-electron chi connectivity index (χ3n) is 4.56.